The van der Waals surface area contributed by atoms with Gasteiger partial charge in [-0.1, -0.05) is 57.2 Å². The summed E-state index contributed by atoms with van der Waals surface area (Å²) in [5.41, 5.74) is 4.15. The number of rotatable bonds is 4. The average molecular weight is 268 g/mol. The zero-order chi connectivity index (χ0) is 14.6. The number of ether oxygens (including phenoxy) is 1. The molecule has 0 amide bonds. The zero-order valence-electron chi connectivity index (χ0n) is 12.9. The van der Waals surface area contributed by atoms with E-state index < -0.39 is 0 Å². The largest absolute Gasteiger partial charge is 0.493 e. The van der Waals surface area contributed by atoms with E-state index in [0.717, 1.165) is 18.8 Å². The van der Waals surface area contributed by atoms with E-state index in [1.165, 1.54) is 16.7 Å². The molecule has 2 aromatic rings. The lowest BCUT2D eigenvalue weighted by Gasteiger charge is -2.22. The predicted octanol–water partition coefficient (Wildman–Crippen LogP) is 4.91. The van der Waals surface area contributed by atoms with Crippen molar-refractivity contribution < 1.29 is 4.74 Å². The lowest BCUT2D eigenvalue weighted by atomic mass is 9.84. The van der Waals surface area contributed by atoms with E-state index in [1.807, 2.05) is 6.07 Å². The summed E-state index contributed by atoms with van der Waals surface area (Å²) in [5.74, 6) is 0.969. The molecular weight excluding hydrogens is 244 g/mol. The molecule has 2 rings (SSSR count). The van der Waals surface area contributed by atoms with Gasteiger partial charge < -0.3 is 4.74 Å². The molecule has 0 radical (unpaired) electrons. The lowest BCUT2D eigenvalue weighted by Crippen LogP contribution is -2.13. The van der Waals surface area contributed by atoms with Crippen LogP contribution in [0.1, 0.15) is 37.5 Å². The molecule has 0 aromatic heterocycles. The molecule has 0 heterocycles. The van der Waals surface area contributed by atoms with Gasteiger partial charge in [0, 0.05) is 6.42 Å². The first-order valence-electron chi connectivity index (χ1n) is 7.25. The second-order valence-corrected chi connectivity index (χ2v) is 6.31. The Morgan fingerprint density at radius 2 is 1.65 bits per heavy atom. The average Bonchev–Trinajstić information content (AvgIpc) is 2.40. The second-order valence-electron chi connectivity index (χ2n) is 6.31. The zero-order valence-corrected chi connectivity index (χ0v) is 12.9. The van der Waals surface area contributed by atoms with Crippen molar-refractivity contribution in [3.63, 3.8) is 0 Å². The molecule has 20 heavy (non-hydrogen) atoms. The highest BCUT2D eigenvalue weighted by Gasteiger charge is 2.16. The van der Waals surface area contributed by atoms with Gasteiger partial charge in [-0.15, -0.1) is 0 Å². The minimum atomic E-state index is 0.156. The summed E-state index contributed by atoms with van der Waals surface area (Å²) in [6, 6.07) is 16.9. The van der Waals surface area contributed by atoms with Gasteiger partial charge in [0.15, 0.2) is 0 Å². The van der Waals surface area contributed by atoms with Gasteiger partial charge in [-0.2, -0.15) is 0 Å². The monoisotopic (exact) mass is 268 g/mol. The van der Waals surface area contributed by atoms with Crippen LogP contribution in [0.15, 0.2) is 48.5 Å². The summed E-state index contributed by atoms with van der Waals surface area (Å²) in [6.07, 6.45) is 0.944. The number of hydrogen-bond acceptors (Lipinski definition) is 1. The molecule has 0 fully saturated rings. The first-order valence-corrected chi connectivity index (χ1v) is 7.25. The maximum Gasteiger partial charge on any atom is 0.119 e. The standard InChI is InChI=1S/C19H24O/c1-15-10-11-17(14-18(15)19(2,3)4)20-13-12-16-8-6-5-7-9-16/h5-11,14H,12-13H2,1-4H3. The molecule has 0 bridgehead atoms. The Kier molecular flexibility index (Phi) is 4.49. The van der Waals surface area contributed by atoms with E-state index in [9.17, 15) is 0 Å². The van der Waals surface area contributed by atoms with Gasteiger partial charge in [-0.25, -0.2) is 0 Å². The van der Waals surface area contributed by atoms with Crippen LogP contribution in [0.3, 0.4) is 0 Å². The van der Waals surface area contributed by atoms with Crippen molar-refractivity contribution in [3.05, 3.63) is 65.2 Å². The van der Waals surface area contributed by atoms with Crippen LogP contribution in [0.5, 0.6) is 5.75 Å². The SMILES string of the molecule is Cc1ccc(OCCc2ccccc2)cc1C(C)(C)C. The predicted molar refractivity (Wildman–Crippen MR) is 85.5 cm³/mol. The lowest BCUT2D eigenvalue weighted by molar-refractivity contribution is 0.321. The molecule has 0 unspecified atom stereocenters. The molecule has 0 saturated heterocycles. The fraction of sp³-hybridized carbons (Fsp3) is 0.368. The van der Waals surface area contributed by atoms with Crippen LogP contribution >= 0.6 is 0 Å². The van der Waals surface area contributed by atoms with E-state index in [4.69, 9.17) is 4.74 Å². The van der Waals surface area contributed by atoms with Gasteiger partial charge in [0.2, 0.25) is 0 Å². The van der Waals surface area contributed by atoms with Gasteiger partial charge in [0.05, 0.1) is 6.61 Å². The van der Waals surface area contributed by atoms with Gasteiger partial charge in [0.25, 0.3) is 0 Å². The Balaban J connectivity index is 2.00. The topological polar surface area (TPSA) is 9.23 Å². The maximum absolute atomic E-state index is 5.90. The Bertz CT molecular complexity index is 550. The van der Waals surface area contributed by atoms with Crippen molar-refractivity contribution in [1.82, 2.24) is 0 Å². The van der Waals surface area contributed by atoms with Crippen LogP contribution in [-0.4, -0.2) is 6.61 Å². The number of aryl methyl sites for hydroxylation is 1. The van der Waals surface area contributed by atoms with Crippen LogP contribution in [-0.2, 0) is 11.8 Å². The molecule has 0 saturated carbocycles. The van der Waals surface area contributed by atoms with Crippen molar-refractivity contribution in [2.24, 2.45) is 0 Å². The molecule has 0 atom stereocenters. The van der Waals surface area contributed by atoms with E-state index >= 15 is 0 Å². The molecular formula is C19H24O. The van der Waals surface area contributed by atoms with Crippen molar-refractivity contribution in [3.8, 4) is 5.75 Å². The fourth-order valence-electron chi connectivity index (χ4n) is 2.43. The molecule has 0 aliphatic carbocycles. The van der Waals surface area contributed by atoms with E-state index in [-0.39, 0.29) is 5.41 Å². The molecule has 0 aliphatic heterocycles. The molecule has 2 aromatic carbocycles. The number of hydrogen-bond donors (Lipinski definition) is 0. The van der Waals surface area contributed by atoms with Crippen molar-refractivity contribution in [2.45, 2.75) is 39.5 Å². The van der Waals surface area contributed by atoms with Crippen LogP contribution in [0.25, 0.3) is 0 Å². The first-order chi connectivity index (χ1) is 9.47. The van der Waals surface area contributed by atoms with Crippen LogP contribution in [0, 0.1) is 6.92 Å². The third-order valence-electron chi connectivity index (χ3n) is 3.52. The van der Waals surface area contributed by atoms with Gasteiger partial charge in [-0.05, 0) is 41.2 Å². The summed E-state index contributed by atoms with van der Waals surface area (Å²) in [6.45, 7) is 9.60. The molecule has 0 spiro atoms. The molecule has 106 valence electrons. The van der Waals surface area contributed by atoms with Crippen LogP contribution in [0.4, 0.5) is 0 Å². The highest BCUT2D eigenvalue weighted by Crippen LogP contribution is 2.29. The van der Waals surface area contributed by atoms with E-state index in [0.29, 0.717) is 0 Å². The van der Waals surface area contributed by atoms with E-state index in [2.05, 4.69) is 70.2 Å². The summed E-state index contributed by atoms with van der Waals surface area (Å²) in [4.78, 5) is 0. The quantitative estimate of drug-likeness (QED) is 0.765. The molecule has 1 nitrogen and oxygen atoms in total. The number of benzene rings is 2. The maximum atomic E-state index is 5.90. The molecule has 1 heteroatoms. The van der Waals surface area contributed by atoms with Crippen molar-refractivity contribution >= 4 is 0 Å². The highest BCUT2D eigenvalue weighted by molar-refractivity contribution is 5.38. The van der Waals surface area contributed by atoms with Gasteiger partial charge in [-0.3, -0.25) is 0 Å². The summed E-state index contributed by atoms with van der Waals surface area (Å²) < 4.78 is 5.90. The first kappa shape index (κ1) is 14.6. The Morgan fingerprint density at radius 1 is 0.950 bits per heavy atom. The normalized spacial score (nSPS) is 11.4. The third-order valence-corrected chi connectivity index (χ3v) is 3.52. The minimum Gasteiger partial charge on any atom is -0.493 e. The second kappa shape index (κ2) is 6.13. The van der Waals surface area contributed by atoms with Crippen molar-refractivity contribution in [2.75, 3.05) is 6.61 Å². The summed E-state index contributed by atoms with van der Waals surface area (Å²) in [5, 5.41) is 0. The third kappa shape index (κ3) is 3.86. The van der Waals surface area contributed by atoms with E-state index in [1.54, 1.807) is 0 Å². The van der Waals surface area contributed by atoms with Gasteiger partial charge in [0.1, 0.15) is 5.75 Å². The van der Waals surface area contributed by atoms with Crippen LogP contribution < -0.4 is 4.74 Å². The van der Waals surface area contributed by atoms with Gasteiger partial charge >= 0.3 is 0 Å². The van der Waals surface area contributed by atoms with Crippen molar-refractivity contribution in [1.29, 1.82) is 0 Å². The Hall–Kier alpha value is -1.76. The molecule has 0 N–H and O–H groups in total. The Morgan fingerprint density at radius 3 is 2.30 bits per heavy atom. The summed E-state index contributed by atoms with van der Waals surface area (Å²) >= 11 is 0. The van der Waals surface area contributed by atoms with Crippen LogP contribution in [0.2, 0.25) is 0 Å². The minimum absolute atomic E-state index is 0.156. The highest BCUT2D eigenvalue weighted by atomic mass is 16.5. The summed E-state index contributed by atoms with van der Waals surface area (Å²) in [7, 11) is 0. The fourth-order valence-corrected chi connectivity index (χ4v) is 2.43. The smallest absolute Gasteiger partial charge is 0.119 e. The Labute approximate surface area is 122 Å². The molecule has 0 aliphatic rings.